The Hall–Kier alpha value is -2.97. The molecule has 1 aromatic heterocycles. The number of imide groups is 2. The summed E-state index contributed by atoms with van der Waals surface area (Å²) in [6.45, 7) is 0. The molecule has 0 bridgehead atoms. The fraction of sp³-hybridized carbons (Fsp3) is 0.308. The Kier molecular flexibility index (Phi) is 3.81. The number of methoxy groups -OCH3 is 1. The lowest BCUT2D eigenvalue weighted by Crippen LogP contribution is -2.56. The monoisotopic (exact) mass is 307 g/mol. The number of nitrogens with one attached hydrogen (secondary N) is 1. The summed E-state index contributed by atoms with van der Waals surface area (Å²) in [6, 6.07) is 1.68. The third-order valence-corrected chi connectivity index (χ3v) is 3.38. The van der Waals surface area contributed by atoms with Crippen molar-refractivity contribution in [2.24, 2.45) is 0 Å². The molecule has 1 saturated heterocycles. The Morgan fingerprint density at radius 3 is 2.09 bits per heavy atom. The van der Waals surface area contributed by atoms with Gasteiger partial charge >= 0.3 is 12.0 Å². The van der Waals surface area contributed by atoms with E-state index in [2.05, 4.69) is 9.72 Å². The lowest BCUT2D eigenvalue weighted by molar-refractivity contribution is -0.143. The van der Waals surface area contributed by atoms with Crippen LogP contribution in [-0.4, -0.2) is 59.8 Å². The fourth-order valence-electron chi connectivity index (χ4n) is 2.10. The summed E-state index contributed by atoms with van der Waals surface area (Å²) >= 11 is 0. The third kappa shape index (κ3) is 2.26. The number of barbiturate groups is 1. The molecule has 0 atom stereocenters. The van der Waals surface area contributed by atoms with E-state index in [0.29, 0.717) is 0 Å². The molecule has 0 aromatic carbocycles. The van der Waals surface area contributed by atoms with Crippen LogP contribution < -0.4 is 5.56 Å². The zero-order chi connectivity index (χ0) is 16.6. The number of pyridine rings is 1. The number of amides is 4. The molecule has 1 N–H and O–H groups in total. The Morgan fingerprint density at radius 2 is 1.64 bits per heavy atom. The number of aromatic nitrogens is 1. The number of nitrogens with zero attached hydrogens (tertiary/aromatic N) is 2. The molecule has 0 saturated carbocycles. The first-order chi connectivity index (χ1) is 10.3. The molecule has 116 valence electrons. The molecule has 1 fully saturated rings. The number of carbonyl (C=O) groups excluding carboxylic acids is 4. The summed E-state index contributed by atoms with van der Waals surface area (Å²) in [5, 5.41) is 0. The molecular formula is C13H13N3O6. The van der Waals surface area contributed by atoms with E-state index >= 15 is 0 Å². The number of likely N-dealkylation sites (N-methyl/N-ethyl adjacent to an activating group) is 2. The van der Waals surface area contributed by atoms with Crippen molar-refractivity contribution in [2.45, 2.75) is 5.92 Å². The molecule has 1 aliphatic rings. The van der Waals surface area contributed by atoms with Crippen molar-refractivity contribution in [3.63, 3.8) is 0 Å². The van der Waals surface area contributed by atoms with Gasteiger partial charge in [0.05, 0.1) is 7.11 Å². The Labute approximate surface area is 124 Å². The number of H-pyrrole nitrogens is 1. The van der Waals surface area contributed by atoms with E-state index in [9.17, 15) is 24.0 Å². The fourth-order valence-corrected chi connectivity index (χ4v) is 2.10. The predicted octanol–water partition coefficient (Wildman–Crippen LogP) is -0.704. The van der Waals surface area contributed by atoms with Crippen LogP contribution in [-0.2, 0) is 14.3 Å². The number of urea groups is 1. The van der Waals surface area contributed by atoms with Crippen LogP contribution in [0.3, 0.4) is 0 Å². The summed E-state index contributed by atoms with van der Waals surface area (Å²) in [4.78, 5) is 63.0. The van der Waals surface area contributed by atoms with E-state index in [-0.39, 0.29) is 11.3 Å². The standard InChI is InChI=1S/C13H13N3O6/c1-15-10(18)8(11(19)16(2)13(15)21)7-5-4-6(9(17)14-7)12(20)22-3/h4-5,8H,1-3H3,(H,14,17). The van der Waals surface area contributed by atoms with Crippen LogP contribution in [0.5, 0.6) is 0 Å². The molecule has 1 aliphatic heterocycles. The van der Waals surface area contributed by atoms with Crippen molar-refractivity contribution in [1.82, 2.24) is 14.8 Å². The van der Waals surface area contributed by atoms with Crippen molar-refractivity contribution in [3.05, 3.63) is 33.7 Å². The van der Waals surface area contributed by atoms with Gasteiger partial charge in [-0.3, -0.25) is 24.2 Å². The minimum Gasteiger partial charge on any atom is -0.465 e. The highest BCUT2D eigenvalue weighted by Gasteiger charge is 2.43. The molecule has 22 heavy (non-hydrogen) atoms. The first-order valence-electron chi connectivity index (χ1n) is 6.20. The van der Waals surface area contributed by atoms with Crippen LogP contribution >= 0.6 is 0 Å². The van der Waals surface area contributed by atoms with Crippen LogP contribution in [0.25, 0.3) is 0 Å². The number of esters is 1. The van der Waals surface area contributed by atoms with Gasteiger partial charge in [-0.25, -0.2) is 9.59 Å². The third-order valence-electron chi connectivity index (χ3n) is 3.38. The number of ether oxygens (including phenoxy) is 1. The van der Waals surface area contributed by atoms with Gasteiger partial charge in [0.1, 0.15) is 5.56 Å². The molecule has 4 amide bonds. The maximum atomic E-state index is 12.1. The van der Waals surface area contributed by atoms with Crippen molar-refractivity contribution in [2.75, 3.05) is 21.2 Å². The van der Waals surface area contributed by atoms with Crippen LogP contribution in [0.2, 0.25) is 0 Å². The van der Waals surface area contributed by atoms with E-state index in [4.69, 9.17) is 0 Å². The van der Waals surface area contributed by atoms with Crippen molar-refractivity contribution in [3.8, 4) is 0 Å². The van der Waals surface area contributed by atoms with Gasteiger partial charge in [-0.05, 0) is 12.1 Å². The average molecular weight is 307 g/mol. The van der Waals surface area contributed by atoms with E-state index in [0.717, 1.165) is 23.0 Å². The molecule has 2 heterocycles. The SMILES string of the molecule is COC(=O)c1ccc(C2C(=O)N(C)C(=O)N(C)C2=O)[nH]c1=O. The Morgan fingerprint density at radius 1 is 1.09 bits per heavy atom. The maximum Gasteiger partial charge on any atom is 0.343 e. The van der Waals surface area contributed by atoms with Crippen LogP contribution in [0.15, 0.2) is 16.9 Å². The van der Waals surface area contributed by atoms with E-state index in [1.807, 2.05) is 0 Å². The second-order valence-corrected chi connectivity index (χ2v) is 4.66. The first-order valence-corrected chi connectivity index (χ1v) is 6.20. The number of rotatable bonds is 2. The zero-order valence-corrected chi connectivity index (χ0v) is 12.1. The molecule has 9 heteroatoms. The van der Waals surface area contributed by atoms with E-state index < -0.39 is 35.3 Å². The molecule has 0 spiro atoms. The summed E-state index contributed by atoms with van der Waals surface area (Å²) in [5.41, 5.74) is -1.04. The Bertz CT molecular complexity index is 714. The molecule has 1 aromatic rings. The van der Waals surface area contributed by atoms with Crippen molar-refractivity contribution < 1.29 is 23.9 Å². The van der Waals surface area contributed by atoms with Crippen molar-refractivity contribution >= 4 is 23.8 Å². The first kappa shape index (κ1) is 15.4. The number of hydrogen-bond donors (Lipinski definition) is 1. The van der Waals surface area contributed by atoms with Crippen LogP contribution in [0.4, 0.5) is 4.79 Å². The zero-order valence-electron chi connectivity index (χ0n) is 12.1. The highest BCUT2D eigenvalue weighted by atomic mass is 16.5. The van der Waals surface area contributed by atoms with E-state index in [1.165, 1.54) is 20.2 Å². The summed E-state index contributed by atoms with van der Waals surface area (Å²) in [6.07, 6.45) is 0. The highest BCUT2D eigenvalue weighted by Crippen LogP contribution is 2.23. The summed E-state index contributed by atoms with van der Waals surface area (Å²) < 4.78 is 4.44. The molecule has 2 rings (SSSR count). The minimum absolute atomic E-state index is 0.00106. The second kappa shape index (κ2) is 5.43. The summed E-state index contributed by atoms with van der Waals surface area (Å²) in [7, 11) is 3.60. The van der Waals surface area contributed by atoms with Gasteiger partial charge in [-0.2, -0.15) is 0 Å². The second-order valence-electron chi connectivity index (χ2n) is 4.66. The molecular weight excluding hydrogens is 294 g/mol. The topological polar surface area (TPSA) is 117 Å². The molecule has 0 aliphatic carbocycles. The normalized spacial score (nSPS) is 16.2. The molecule has 0 unspecified atom stereocenters. The van der Waals surface area contributed by atoms with Gasteiger partial charge in [0.25, 0.3) is 5.56 Å². The minimum atomic E-state index is -1.34. The van der Waals surface area contributed by atoms with Crippen LogP contribution in [0, 0.1) is 0 Å². The Balaban J connectivity index is 2.47. The predicted molar refractivity (Wildman–Crippen MR) is 72.1 cm³/mol. The average Bonchev–Trinajstić information content (AvgIpc) is 2.50. The number of hydrogen-bond acceptors (Lipinski definition) is 6. The molecule has 9 nitrogen and oxygen atoms in total. The van der Waals surface area contributed by atoms with E-state index in [1.54, 1.807) is 0 Å². The lowest BCUT2D eigenvalue weighted by Gasteiger charge is -2.32. The van der Waals surface area contributed by atoms with Crippen molar-refractivity contribution in [1.29, 1.82) is 0 Å². The van der Waals surface area contributed by atoms with Crippen LogP contribution in [0.1, 0.15) is 22.0 Å². The van der Waals surface area contributed by atoms with Gasteiger partial charge in [0, 0.05) is 19.8 Å². The maximum absolute atomic E-state index is 12.1. The number of carbonyl (C=O) groups is 4. The smallest absolute Gasteiger partial charge is 0.343 e. The van der Waals surface area contributed by atoms with Gasteiger partial charge in [-0.1, -0.05) is 0 Å². The lowest BCUT2D eigenvalue weighted by atomic mass is 9.99. The molecule has 0 radical (unpaired) electrons. The van der Waals surface area contributed by atoms with Gasteiger partial charge in [-0.15, -0.1) is 0 Å². The largest absolute Gasteiger partial charge is 0.465 e. The highest BCUT2D eigenvalue weighted by molar-refractivity contribution is 6.18. The number of aromatic amines is 1. The summed E-state index contributed by atoms with van der Waals surface area (Å²) in [5.74, 6) is -3.69. The quantitative estimate of drug-likeness (QED) is 0.570. The van der Waals surface area contributed by atoms with Gasteiger partial charge in [0.2, 0.25) is 11.8 Å². The van der Waals surface area contributed by atoms with Gasteiger partial charge < -0.3 is 9.72 Å². The van der Waals surface area contributed by atoms with Gasteiger partial charge in [0.15, 0.2) is 5.92 Å².